The number of nitrogens with zero attached hydrogens (tertiary/aromatic N) is 2. The molecule has 0 radical (unpaired) electrons. The summed E-state index contributed by atoms with van der Waals surface area (Å²) in [5.41, 5.74) is 7.26. The van der Waals surface area contributed by atoms with E-state index in [1.54, 1.807) is 0 Å². The second kappa shape index (κ2) is 6.86. The van der Waals surface area contributed by atoms with Crippen molar-refractivity contribution in [3.63, 3.8) is 0 Å². The zero-order valence-electron chi connectivity index (χ0n) is 13.5. The lowest BCUT2D eigenvalue weighted by molar-refractivity contribution is 0.0661. The summed E-state index contributed by atoms with van der Waals surface area (Å²) in [5.74, 6) is -0.207. The highest BCUT2D eigenvalue weighted by Crippen LogP contribution is 2.29. The number of likely N-dealkylation sites (N-methyl/N-ethyl adjacent to an activating group) is 1. The van der Waals surface area contributed by atoms with Gasteiger partial charge >= 0.3 is 0 Å². The fraction of sp³-hybridized carbons (Fsp3) is 0.647. The third kappa shape index (κ3) is 3.82. The number of benzene rings is 1. The summed E-state index contributed by atoms with van der Waals surface area (Å²) in [5, 5.41) is 0. The minimum Gasteiger partial charge on any atom is -0.320 e. The molecule has 1 fully saturated rings. The predicted octanol–water partition coefficient (Wildman–Crippen LogP) is 2.42. The van der Waals surface area contributed by atoms with Crippen LogP contribution in [-0.4, -0.2) is 49.1 Å². The molecule has 0 saturated carbocycles. The summed E-state index contributed by atoms with van der Waals surface area (Å²) >= 11 is 0. The molecule has 0 aliphatic carbocycles. The summed E-state index contributed by atoms with van der Waals surface area (Å²) in [6.07, 6.45) is 2.17. The molecule has 2 rings (SSSR count). The van der Waals surface area contributed by atoms with Crippen molar-refractivity contribution in [3.05, 3.63) is 35.6 Å². The Labute approximate surface area is 127 Å². The molecule has 1 aliphatic heterocycles. The molecule has 0 spiro atoms. The summed E-state index contributed by atoms with van der Waals surface area (Å²) in [7, 11) is 2.16. The lowest BCUT2D eigenvalue weighted by atomic mass is 9.82. The van der Waals surface area contributed by atoms with Crippen LogP contribution in [0.3, 0.4) is 0 Å². The molecule has 2 atom stereocenters. The van der Waals surface area contributed by atoms with Crippen molar-refractivity contribution < 1.29 is 4.39 Å². The number of hydrogen-bond acceptors (Lipinski definition) is 3. The third-order valence-electron chi connectivity index (χ3n) is 4.70. The first-order valence-corrected chi connectivity index (χ1v) is 7.92. The maximum Gasteiger partial charge on any atom is 0.123 e. The topological polar surface area (TPSA) is 32.5 Å². The van der Waals surface area contributed by atoms with Gasteiger partial charge in [-0.3, -0.25) is 4.90 Å². The van der Waals surface area contributed by atoms with Gasteiger partial charge in [0.2, 0.25) is 0 Å². The molecule has 1 aliphatic rings. The second-order valence-electron chi connectivity index (χ2n) is 6.43. The van der Waals surface area contributed by atoms with Gasteiger partial charge in [-0.2, -0.15) is 0 Å². The van der Waals surface area contributed by atoms with Crippen LogP contribution in [-0.2, 0) is 5.54 Å². The Bertz CT molecular complexity index is 436. The second-order valence-corrected chi connectivity index (χ2v) is 6.43. The van der Waals surface area contributed by atoms with Gasteiger partial charge in [-0.15, -0.1) is 0 Å². The van der Waals surface area contributed by atoms with Crippen LogP contribution < -0.4 is 5.73 Å². The summed E-state index contributed by atoms with van der Waals surface area (Å²) in [6, 6.07) is 6.96. The van der Waals surface area contributed by atoms with Crippen molar-refractivity contribution in [1.82, 2.24) is 9.80 Å². The highest BCUT2D eigenvalue weighted by Gasteiger charge is 2.36. The Morgan fingerprint density at radius 1 is 1.19 bits per heavy atom. The van der Waals surface area contributed by atoms with E-state index in [2.05, 4.69) is 30.7 Å². The lowest BCUT2D eigenvalue weighted by Crippen LogP contribution is -2.58. The van der Waals surface area contributed by atoms with E-state index in [0.29, 0.717) is 6.04 Å². The number of hydrogen-bond donors (Lipinski definition) is 1. The maximum absolute atomic E-state index is 13.2. The first-order valence-electron chi connectivity index (χ1n) is 7.92. The zero-order chi connectivity index (χ0) is 15.5. The Balaban J connectivity index is 2.20. The minimum absolute atomic E-state index is 0.207. The SMILES string of the molecule is CCCC(N1CCN(C)CC1)C(C)(N)c1ccc(F)cc1. The van der Waals surface area contributed by atoms with E-state index in [-0.39, 0.29) is 5.82 Å². The average molecular weight is 293 g/mol. The molecule has 0 bridgehead atoms. The first-order chi connectivity index (χ1) is 9.95. The van der Waals surface area contributed by atoms with Gasteiger partial charge in [0.15, 0.2) is 0 Å². The molecule has 0 aromatic heterocycles. The molecule has 4 heteroatoms. The van der Waals surface area contributed by atoms with Crippen molar-refractivity contribution in [1.29, 1.82) is 0 Å². The van der Waals surface area contributed by atoms with Crippen molar-refractivity contribution >= 4 is 0 Å². The highest BCUT2D eigenvalue weighted by atomic mass is 19.1. The number of halogens is 1. The van der Waals surface area contributed by atoms with Gasteiger partial charge in [-0.05, 0) is 38.1 Å². The molecule has 1 aromatic carbocycles. The molecular formula is C17H28FN3. The molecule has 1 heterocycles. The van der Waals surface area contributed by atoms with Crippen LogP contribution in [0.1, 0.15) is 32.3 Å². The van der Waals surface area contributed by atoms with Crippen LogP contribution in [0.2, 0.25) is 0 Å². The molecule has 2 unspecified atom stereocenters. The summed E-state index contributed by atoms with van der Waals surface area (Å²) in [4.78, 5) is 4.86. The summed E-state index contributed by atoms with van der Waals surface area (Å²) in [6.45, 7) is 8.55. The first kappa shape index (κ1) is 16.4. The van der Waals surface area contributed by atoms with Crippen LogP contribution in [0.5, 0.6) is 0 Å². The smallest absolute Gasteiger partial charge is 0.123 e. The Morgan fingerprint density at radius 3 is 2.29 bits per heavy atom. The maximum atomic E-state index is 13.2. The van der Waals surface area contributed by atoms with Crippen LogP contribution >= 0.6 is 0 Å². The minimum atomic E-state index is -0.459. The molecular weight excluding hydrogens is 265 g/mol. The number of rotatable bonds is 5. The Kier molecular flexibility index (Phi) is 5.36. The van der Waals surface area contributed by atoms with E-state index >= 15 is 0 Å². The van der Waals surface area contributed by atoms with Gasteiger partial charge in [-0.1, -0.05) is 25.5 Å². The average Bonchev–Trinajstić information content (AvgIpc) is 2.46. The van der Waals surface area contributed by atoms with Crippen LogP contribution in [0.15, 0.2) is 24.3 Å². The molecule has 1 aromatic rings. The lowest BCUT2D eigenvalue weighted by Gasteiger charge is -2.45. The Morgan fingerprint density at radius 2 is 1.76 bits per heavy atom. The normalized spacial score (nSPS) is 22.0. The number of piperazine rings is 1. The van der Waals surface area contributed by atoms with Crippen LogP contribution in [0, 0.1) is 5.82 Å². The van der Waals surface area contributed by atoms with Gasteiger partial charge in [-0.25, -0.2) is 4.39 Å². The van der Waals surface area contributed by atoms with Crippen LogP contribution in [0.4, 0.5) is 4.39 Å². The van der Waals surface area contributed by atoms with Crippen molar-refractivity contribution in [2.45, 2.75) is 38.3 Å². The van der Waals surface area contributed by atoms with Crippen LogP contribution in [0.25, 0.3) is 0 Å². The largest absolute Gasteiger partial charge is 0.320 e. The van der Waals surface area contributed by atoms with E-state index < -0.39 is 5.54 Å². The van der Waals surface area contributed by atoms with E-state index in [1.807, 2.05) is 12.1 Å². The van der Waals surface area contributed by atoms with E-state index in [1.165, 1.54) is 12.1 Å². The van der Waals surface area contributed by atoms with Gasteiger partial charge in [0, 0.05) is 32.2 Å². The van der Waals surface area contributed by atoms with Gasteiger partial charge in [0.05, 0.1) is 5.54 Å². The van der Waals surface area contributed by atoms with Crippen molar-refractivity contribution in [2.75, 3.05) is 33.2 Å². The van der Waals surface area contributed by atoms with Gasteiger partial charge < -0.3 is 10.6 Å². The van der Waals surface area contributed by atoms with Crippen molar-refractivity contribution in [3.8, 4) is 0 Å². The molecule has 2 N–H and O–H groups in total. The third-order valence-corrected chi connectivity index (χ3v) is 4.70. The molecule has 118 valence electrons. The fourth-order valence-electron chi connectivity index (χ4n) is 3.27. The molecule has 1 saturated heterocycles. The predicted molar refractivity (Wildman–Crippen MR) is 85.7 cm³/mol. The highest BCUT2D eigenvalue weighted by molar-refractivity contribution is 5.26. The number of nitrogens with two attached hydrogens (primary N) is 1. The molecule has 21 heavy (non-hydrogen) atoms. The monoisotopic (exact) mass is 293 g/mol. The van der Waals surface area contributed by atoms with E-state index in [4.69, 9.17) is 5.73 Å². The van der Waals surface area contributed by atoms with Gasteiger partial charge in [0.1, 0.15) is 5.82 Å². The Hall–Kier alpha value is -0.970. The standard InChI is InChI=1S/C17H28FN3/c1-4-5-16(21-12-10-20(3)11-13-21)17(2,19)14-6-8-15(18)9-7-14/h6-9,16H,4-5,10-13,19H2,1-3H3. The van der Waals surface area contributed by atoms with E-state index in [9.17, 15) is 4.39 Å². The fourth-order valence-corrected chi connectivity index (χ4v) is 3.27. The molecule has 0 amide bonds. The quantitative estimate of drug-likeness (QED) is 0.905. The molecule has 3 nitrogen and oxygen atoms in total. The summed E-state index contributed by atoms with van der Waals surface area (Å²) < 4.78 is 13.2. The van der Waals surface area contributed by atoms with Gasteiger partial charge in [0.25, 0.3) is 0 Å². The van der Waals surface area contributed by atoms with Crippen molar-refractivity contribution in [2.24, 2.45) is 5.73 Å². The zero-order valence-corrected chi connectivity index (χ0v) is 13.5. The van der Waals surface area contributed by atoms with E-state index in [0.717, 1.165) is 44.6 Å².